The topological polar surface area (TPSA) is 82.4 Å². The Bertz CT molecular complexity index is 854. The first kappa shape index (κ1) is 18.5. The monoisotopic (exact) mass is 363 g/mol. The van der Waals surface area contributed by atoms with Gasteiger partial charge in [-0.3, -0.25) is 9.59 Å². The van der Waals surface area contributed by atoms with E-state index in [1.54, 1.807) is 36.1 Å². The van der Waals surface area contributed by atoms with Gasteiger partial charge in [-0.1, -0.05) is 12.1 Å². The molecule has 1 heterocycles. The third kappa shape index (κ3) is 4.64. The van der Waals surface area contributed by atoms with Crippen LogP contribution in [0.5, 0.6) is 5.75 Å². The van der Waals surface area contributed by atoms with Gasteiger partial charge in [-0.15, -0.1) is 0 Å². The molecular formula is C21H21N3O3. The molecule has 3 rings (SSSR count). The zero-order chi connectivity index (χ0) is 19.2. The number of hydrogen-bond acceptors (Lipinski definition) is 4. The van der Waals surface area contributed by atoms with E-state index in [1.165, 1.54) is 0 Å². The number of nitrogens with one attached hydrogen (secondary N) is 1. The first-order chi connectivity index (χ1) is 13.1. The van der Waals surface area contributed by atoms with Crippen molar-refractivity contribution in [2.24, 2.45) is 0 Å². The number of amides is 2. The molecule has 2 amide bonds. The minimum atomic E-state index is -0.653. The van der Waals surface area contributed by atoms with Crippen LogP contribution in [0.4, 0.5) is 5.69 Å². The van der Waals surface area contributed by atoms with Gasteiger partial charge in [0.05, 0.1) is 11.6 Å². The van der Waals surface area contributed by atoms with Crippen LogP contribution < -0.4 is 15.0 Å². The highest BCUT2D eigenvalue weighted by molar-refractivity contribution is 5.95. The van der Waals surface area contributed by atoms with Crippen molar-refractivity contribution in [3.05, 3.63) is 59.7 Å². The fourth-order valence-corrected chi connectivity index (χ4v) is 2.91. The van der Waals surface area contributed by atoms with E-state index >= 15 is 0 Å². The number of carbonyl (C=O) groups excluding carboxylic acids is 2. The van der Waals surface area contributed by atoms with Crippen LogP contribution in [0.15, 0.2) is 48.5 Å². The number of benzene rings is 2. The van der Waals surface area contributed by atoms with Gasteiger partial charge in [-0.25, -0.2) is 0 Å². The zero-order valence-corrected chi connectivity index (χ0v) is 15.1. The minimum absolute atomic E-state index is 0.157. The van der Waals surface area contributed by atoms with E-state index in [4.69, 9.17) is 10.00 Å². The summed E-state index contributed by atoms with van der Waals surface area (Å²) in [5.41, 5.74) is 2.38. The Morgan fingerprint density at radius 2 is 1.93 bits per heavy atom. The van der Waals surface area contributed by atoms with Crippen LogP contribution in [0, 0.1) is 11.3 Å². The molecule has 1 fully saturated rings. The van der Waals surface area contributed by atoms with Crippen molar-refractivity contribution in [2.75, 3.05) is 11.4 Å². The van der Waals surface area contributed by atoms with E-state index in [9.17, 15) is 9.59 Å². The molecule has 1 saturated heterocycles. The van der Waals surface area contributed by atoms with Crippen LogP contribution in [-0.2, 0) is 16.1 Å². The lowest BCUT2D eigenvalue weighted by Gasteiger charge is -2.17. The normalized spacial score (nSPS) is 14.5. The van der Waals surface area contributed by atoms with E-state index in [0.29, 0.717) is 24.3 Å². The van der Waals surface area contributed by atoms with Crippen molar-refractivity contribution >= 4 is 17.5 Å². The Morgan fingerprint density at radius 1 is 1.22 bits per heavy atom. The van der Waals surface area contributed by atoms with Gasteiger partial charge in [0, 0.05) is 25.2 Å². The average Bonchev–Trinajstić information content (AvgIpc) is 3.13. The fourth-order valence-electron chi connectivity index (χ4n) is 2.91. The van der Waals surface area contributed by atoms with Crippen molar-refractivity contribution in [1.82, 2.24) is 5.32 Å². The van der Waals surface area contributed by atoms with Crippen molar-refractivity contribution in [3.8, 4) is 11.8 Å². The van der Waals surface area contributed by atoms with Crippen LogP contribution in [0.1, 0.15) is 30.9 Å². The molecule has 0 aliphatic carbocycles. The molecule has 0 aromatic heterocycles. The number of carbonyl (C=O) groups is 2. The quantitative estimate of drug-likeness (QED) is 0.855. The largest absolute Gasteiger partial charge is 0.481 e. The Labute approximate surface area is 158 Å². The Hall–Kier alpha value is -3.33. The lowest BCUT2D eigenvalue weighted by atomic mass is 10.2. The Balaban J connectivity index is 1.50. The molecule has 1 aliphatic heterocycles. The molecule has 0 unspecified atom stereocenters. The summed E-state index contributed by atoms with van der Waals surface area (Å²) in [6, 6.07) is 16.3. The van der Waals surface area contributed by atoms with Crippen LogP contribution in [-0.4, -0.2) is 24.5 Å². The molecule has 27 heavy (non-hydrogen) atoms. The molecule has 1 aliphatic rings. The van der Waals surface area contributed by atoms with E-state index in [-0.39, 0.29) is 11.8 Å². The number of nitrogens with zero attached hydrogens (tertiary/aromatic N) is 2. The summed E-state index contributed by atoms with van der Waals surface area (Å²) in [7, 11) is 0. The Kier molecular flexibility index (Phi) is 5.72. The van der Waals surface area contributed by atoms with Gasteiger partial charge < -0.3 is 15.0 Å². The van der Waals surface area contributed by atoms with Crippen molar-refractivity contribution in [1.29, 1.82) is 5.26 Å². The molecular weight excluding hydrogens is 342 g/mol. The predicted molar refractivity (Wildman–Crippen MR) is 101 cm³/mol. The van der Waals surface area contributed by atoms with Gasteiger partial charge in [0.1, 0.15) is 5.75 Å². The van der Waals surface area contributed by atoms with Crippen LogP contribution in [0.25, 0.3) is 0 Å². The van der Waals surface area contributed by atoms with Gasteiger partial charge in [-0.2, -0.15) is 5.26 Å². The zero-order valence-electron chi connectivity index (χ0n) is 15.1. The molecule has 2 aromatic rings. The van der Waals surface area contributed by atoms with Gasteiger partial charge in [0.2, 0.25) is 5.91 Å². The van der Waals surface area contributed by atoms with Crippen molar-refractivity contribution in [2.45, 2.75) is 32.4 Å². The highest BCUT2D eigenvalue weighted by Crippen LogP contribution is 2.21. The SMILES string of the molecule is C[C@@H](Oc1ccc(C#N)cc1)C(=O)NCc1ccc(N2CCCC2=O)cc1. The van der Waals surface area contributed by atoms with Crippen molar-refractivity contribution < 1.29 is 14.3 Å². The number of ether oxygens (including phenoxy) is 1. The van der Waals surface area contributed by atoms with Gasteiger partial charge in [-0.05, 0) is 55.3 Å². The summed E-state index contributed by atoms with van der Waals surface area (Å²) >= 11 is 0. The van der Waals surface area contributed by atoms with E-state index in [1.807, 2.05) is 30.3 Å². The second kappa shape index (κ2) is 8.37. The molecule has 0 bridgehead atoms. The maximum absolute atomic E-state index is 12.2. The fraction of sp³-hybridized carbons (Fsp3) is 0.286. The number of nitriles is 1. The Morgan fingerprint density at radius 3 is 2.52 bits per heavy atom. The summed E-state index contributed by atoms with van der Waals surface area (Å²) in [4.78, 5) is 25.8. The maximum atomic E-state index is 12.2. The van der Waals surface area contributed by atoms with Gasteiger partial charge in [0.15, 0.2) is 6.10 Å². The van der Waals surface area contributed by atoms with E-state index < -0.39 is 6.10 Å². The van der Waals surface area contributed by atoms with Crippen molar-refractivity contribution in [3.63, 3.8) is 0 Å². The van der Waals surface area contributed by atoms with Gasteiger partial charge >= 0.3 is 0 Å². The number of hydrogen-bond donors (Lipinski definition) is 1. The highest BCUT2D eigenvalue weighted by Gasteiger charge is 2.21. The molecule has 0 saturated carbocycles. The first-order valence-corrected chi connectivity index (χ1v) is 8.90. The maximum Gasteiger partial charge on any atom is 0.261 e. The second-order valence-electron chi connectivity index (χ2n) is 6.43. The molecule has 0 radical (unpaired) electrons. The van der Waals surface area contributed by atoms with Crippen LogP contribution >= 0.6 is 0 Å². The van der Waals surface area contributed by atoms with E-state index in [2.05, 4.69) is 5.32 Å². The summed E-state index contributed by atoms with van der Waals surface area (Å²) in [5, 5.41) is 11.6. The molecule has 138 valence electrons. The lowest BCUT2D eigenvalue weighted by molar-refractivity contribution is -0.127. The second-order valence-corrected chi connectivity index (χ2v) is 6.43. The number of anilines is 1. The smallest absolute Gasteiger partial charge is 0.261 e. The molecule has 6 nitrogen and oxygen atoms in total. The average molecular weight is 363 g/mol. The standard InChI is InChI=1S/C21H21N3O3/c1-15(27-19-10-6-16(13-22)7-11-19)21(26)23-14-17-4-8-18(9-5-17)24-12-2-3-20(24)25/h4-11,15H,2-3,12,14H2,1H3,(H,23,26)/t15-/m1/s1. The van der Waals surface area contributed by atoms with Crippen LogP contribution in [0.3, 0.4) is 0 Å². The minimum Gasteiger partial charge on any atom is -0.481 e. The highest BCUT2D eigenvalue weighted by atomic mass is 16.5. The summed E-state index contributed by atoms with van der Waals surface area (Å²) in [5.74, 6) is 0.472. The summed E-state index contributed by atoms with van der Waals surface area (Å²) in [6.07, 6.45) is 0.849. The molecule has 1 atom stereocenters. The molecule has 0 spiro atoms. The van der Waals surface area contributed by atoms with E-state index in [0.717, 1.165) is 24.2 Å². The lowest BCUT2D eigenvalue weighted by Crippen LogP contribution is -2.35. The molecule has 6 heteroatoms. The van der Waals surface area contributed by atoms with Crippen LogP contribution in [0.2, 0.25) is 0 Å². The molecule has 2 aromatic carbocycles. The first-order valence-electron chi connectivity index (χ1n) is 8.90. The third-order valence-corrected chi connectivity index (χ3v) is 4.45. The number of rotatable bonds is 6. The predicted octanol–water partition coefficient (Wildman–Crippen LogP) is 2.77. The summed E-state index contributed by atoms with van der Waals surface area (Å²) < 4.78 is 5.60. The molecule has 1 N–H and O–H groups in total. The van der Waals surface area contributed by atoms with Gasteiger partial charge in [0.25, 0.3) is 5.91 Å². The third-order valence-electron chi connectivity index (χ3n) is 4.45. The summed E-state index contributed by atoms with van der Waals surface area (Å²) in [6.45, 7) is 2.82.